The minimum atomic E-state index is -4.88. The molecule has 0 saturated carbocycles. The molecule has 1 N–H and O–H groups in total. The van der Waals surface area contributed by atoms with E-state index < -0.39 is 33.2 Å². The van der Waals surface area contributed by atoms with E-state index in [-0.39, 0.29) is 66.9 Å². The summed E-state index contributed by atoms with van der Waals surface area (Å²) in [5.74, 6) is -1.91. The summed E-state index contributed by atoms with van der Waals surface area (Å²) in [6, 6.07) is 0. The first-order valence-electron chi connectivity index (χ1n) is 8.61. The fraction of sp³-hybridized carbons (Fsp3) is 0.882. The Bertz CT molecular complexity index is 543. The van der Waals surface area contributed by atoms with Crippen molar-refractivity contribution in [2.75, 3.05) is 13.2 Å². The van der Waals surface area contributed by atoms with Gasteiger partial charge in [0, 0.05) is 0 Å². The van der Waals surface area contributed by atoms with Crippen LogP contribution in [-0.2, 0) is 29.2 Å². The van der Waals surface area contributed by atoms with E-state index in [1.807, 2.05) is 27.7 Å². The minimum Gasteiger partial charge on any atom is -0.465 e. The molecule has 148 valence electrons. The molecular weight excluding hydrogens is 371 g/mol. The first kappa shape index (κ1) is 28.1. The molecule has 0 fully saturated rings. The average Bonchev–Trinajstić information content (AvgIpc) is 2.41. The minimum absolute atomic E-state index is 0. The van der Waals surface area contributed by atoms with E-state index in [0.29, 0.717) is 6.42 Å². The van der Waals surface area contributed by atoms with Gasteiger partial charge in [0.05, 0.1) is 19.6 Å². The van der Waals surface area contributed by atoms with Crippen LogP contribution in [0.1, 0.15) is 60.8 Å². The summed E-state index contributed by atoms with van der Waals surface area (Å²) in [5.41, 5.74) is 0. The Hall–Kier alpha value is -0.150. The first-order chi connectivity index (χ1) is 11.3. The Balaban J connectivity index is 0. The first-order valence-corrected chi connectivity index (χ1v) is 10.1. The quantitative estimate of drug-likeness (QED) is 0.290. The molecule has 26 heavy (non-hydrogen) atoms. The maximum Gasteiger partial charge on any atom is 1.00 e. The van der Waals surface area contributed by atoms with Gasteiger partial charge in [0.25, 0.3) is 10.1 Å². The third-order valence-electron chi connectivity index (χ3n) is 3.54. The van der Waals surface area contributed by atoms with Gasteiger partial charge in [-0.25, -0.2) is 0 Å². The molecule has 0 spiro atoms. The summed E-state index contributed by atoms with van der Waals surface area (Å²) in [5, 5.41) is 0. The van der Waals surface area contributed by atoms with Crippen molar-refractivity contribution in [2.24, 2.45) is 17.8 Å². The van der Waals surface area contributed by atoms with Crippen LogP contribution in [-0.4, -0.2) is 42.9 Å². The van der Waals surface area contributed by atoms with Crippen molar-refractivity contribution < 1.29 is 61.6 Å². The van der Waals surface area contributed by atoms with Crippen LogP contribution in [0.15, 0.2) is 0 Å². The smallest absolute Gasteiger partial charge is 0.465 e. The van der Waals surface area contributed by atoms with Crippen molar-refractivity contribution >= 4 is 22.1 Å². The second-order valence-corrected chi connectivity index (χ2v) is 9.37. The molecule has 0 aromatic heterocycles. The molecular formula is C17H32NaO7S+. The standard InChI is InChI=1S/C17H32O7S.Na/c1-12(2)7-8-23-16(19)17(9-13(3)4,25(20,21)22)10-15(18)24-11-14(5)6;/h12-14H,7-11H2,1-6H3,(H,20,21,22);/q;+1. The van der Waals surface area contributed by atoms with E-state index in [2.05, 4.69) is 0 Å². The largest absolute Gasteiger partial charge is 1.00 e. The van der Waals surface area contributed by atoms with Gasteiger partial charge in [-0.2, -0.15) is 8.42 Å². The summed E-state index contributed by atoms with van der Waals surface area (Å²) in [4.78, 5) is 24.6. The van der Waals surface area contributed by atoms with Crippen LogP contribution in [0.2, 0.25) is 0 Å². The normalized spacial score (nSPS) is 14.1. The van der Waals surface area contributed by atoms with E-state index in [1.165, 1.54) is 0 Å². The van der Waals surface area contributed by atoms with Gasteiger partial charge in [-0.1, -0.05) is 41.5 Å². The second kappa shape index (κ2) is 12.3. The molecule has 0 aliphatic rings. The molecule has 0 radical (unpaired) electrons. The molecule has 1 unspecified atom stereocenters. The average molecular weight is 403 g/mol. The number of hydrogen-bond donors (Lipinski definition) is 1. The Kier molecular flexibility index (Phi) is 13.3. The molecule has 1 atom stereocenters. The van der Waals surface area contributed by atoms with Crippen molar-refractivity contribution in [1.29, 1.82) is 0 Å². The fourth-order valence-corrected chi connectivity index (χ4v) is 3.37. The summed E-state index contributed by atoms with van der Waals surface area (Å²) < 4.78 is 41.6. The number of hydrogen-bond acceptors (Lipinski definition) is 6. The second-order valence-electron chi connectivity index (χ2n) is 7.64. The van der Waals surface area contributed by atoms with Crippen molar-refractivity contribution in [3.63, 3.8) is 0 Å². The van der Waals surface area contributed by atoms with E-state index in [4.69, 9.17) is 9.47 Å². The van der Waals surface area contributed by atoms with Gasteiger partial charge in [-0.05, 0) is 30.6 Å². The Morgan fingerprint density at radius 2 is 1.50 bits per heavy atom. The number of ether oxygens (including phenoxy) is 2. The third-order valence-corrected chi connectivity index (χ3v) is 5.00. The predicted octanol–water partition coefficient (Wildman–Crippen LogP) is -0.158. The van der Waals surface area contributed by atoms with Crippen molar-refractivity contribution in [3.8, 4) is 0 Å². The molecule has 0 aromatic rings. The maximum atomic E-state index is 12.5. The Morgan fingerprint density at radius 1 is 0.962 bits per heavy atom. The van der Waals surface area contributed by atoms with Crippen LogP contribution in [0.4, 0.5) is 0 Å². The molecule has 0 aliphatic carbocycles. The number of carbonyl (C=O) groups is 2. The van der Waals surface area contributed by atoms with Crippen LogP contribution in [0.25, 0.3) is 0 Å². The maximum absolute atomic E-state index is 12.5. The van der Waals surface area contributed by atoms with E-state index in [9.17, 15) is 22.6 Å². The molecule has 0 heterocycles. The number of carbonyl (C=O) groups excluding carboxylic acids is 2. The van der Waals surface area contributed by atoms with Crippen LogP contribution >= 0.6 is 0 Å². The summed E-state index contributed by atoms with van der Waals surface area (Å²) >= 11 is 0. The molecule has 9 heteroatoms. The van der Waals surface area contributed by atoms with Crippen LogP contribution in [0.3, 0.4) is 0 Å². The van der Waals surface area contributed by atoms with E-state index >= 15 is 0 Å². The zero-order chi connectivity index (χ0) is 19.8. The molecule has 0 aliphatic heterocycles. The fourth-order valence-electron chi connectivity index (χ4n) is 2.25. The van der Waals surface area contributed by atoms with Crippen LogP contribution in [0, 0.1) is 17.8 Å². The topological polar surface area (TPSA) is 107 Å². The van der Waals surface area contributed by atoms with Gasteiger partial charge in [0.2, 0.25) is 4.75 Å². The third kappa shape index (κ3) is 9.69. The molecule has 0 rings (SSSR count). The van der Waals surface area contributed by atoms with Gasteiger partial charge in [-0.3, -0.25) is 14.1 Å². The zero-order valence-corrected chi connectivity index (χ0v) is 19.9. The monoisotopic (exact) mass is 403 g/mol. The molecule has 0 bridgehead atoms. The van der Waals surface area contributed by atoms with Crippen molar-refractivity contribution in [1.82, 2.24) is 0 Å². The Labute approximate surface area is 179 Å². The molecule has 0 amide bonds. The SMILES string of the molecule is CC(C)CCOC(=O)C(CC(=O)OCC(C)C)(CC(C)C)S(=O)(=O)O.[Na+]. The van der Waals surface area contributed by atoms with Gasteiger partial charge < -0.3 is 9.47 Å². The molecule has 0 saturated heterocycles. The van der Waals surface area contributed by atoms with Gasteiger partial charge >= 0.3 is 41.5 Å². The predicted molar refractivity (Wildman–Crippen MR) is 94.6 cm³/mol. The summed E-state index contributed by atoms with van der Waals surface area (Å²) in [7, 11) is -4.88. The van der Waals surface area contributed by atoms with Gasteiger partial charge in [0.15, 0.2) is 0 Å². The molecule has 7 nitrogen and oxygen atoms in total. The van der Waals surface area contributed by atoms with Gasteiger partial charge in [0.1, 0.15) is 0 Å². The van der Waals surface area contributed by atoms with Crippen LogP contribution < -0.4 is 29.6 Å². The van der Waals surface area contributed by atoms with Crippen molar-refractivity contribution in [2.45, 2.75) is 65.6 Å². The van der Waals surface area contributed by atoms with Crippen LogP contribution in [0.5, 0.6) is 0 Å². The number of esters is 2. The van der Waals surface area contributed by atoms with Crippen molar-refractivity contribution in [3.05, 3.63) is 0 Å². The van der Waals surface area contributed by atoms with E-state index in [0.717, 1.165) is 0 Å². The van der Waals surface area contributed by atoms with E-state index in [1.54, 1.807) is 13.8 Å². The number of rotatable bonds is 11. The van der Waals surface area contributed by atoms with Gasteiger partial charge in [-0.15, -0.1) is 0 Å². The Morgan fingerprint density at radius 3 is 1.88 bits per heavy atom. The molecule has 0 aromatic carbocycles. The summed E-state index contributed by atoms with van der Waals surface area (Å²) in [6.07, 6.45) is -0.451. The zero-order valence-electron chi connectivity index (χ0n) is 17.1. The summed E-state index contributed by atoms with van der Waals surface area (Å²) in [6.45, 7) is 11.0.